The van der Waals surface area contributed by atoms with Crippen molar-refractivity contribution in [1.82, 2.24) is 10.3 Å². The van der Waals surface area contributed by atoms with Crippen molar-refractivity contribution in [2.24, 2.45) is 0 Å². The van der Waals surface area contributed by atoms with Crippen LogP contribution in [0.4, 0.5) is 5.69 Å². The molecule has 0 spiro atoms. The molecule has 0 amide bonds. The van der Waals surface area contributed by atoms with Crippen LogP contribution in [-0.4, -0.2) is 48.8 Å². The fourth-order valence-corrected chi connectivity index (χ4v) is 2.68. The van der Waals surface area contributed by atoms with E-state index in [1.165, 1.54) is 6.07 Å². The van der Waals surface area contributed by atoms with Gasteiger partial charge in [-0.2, -0.15) is 0 Å². The number of rotatable bonds is 3. The van der Waals surface area contributed by atoms with E-state index in [0.717, 1.165) is 31.9 Å². The quantitative estimate of drug-likeness (QED) is 0.837. The number of pyridine rings is 1. The number of nitrogens with one attached hydrogen (secondary N) is 1. The summed E-state index contributed by atoms with van der Waals surface area (Å²) in [6.45, 7) is 5.70. The van der Waals surface area contributed by atoms with Crippen LogP contribution in [0.1, 0.15) is 17.3 Å². The molecule has 0 saturated carbocycles. The molecule has 1 aliphatic heterocycles. The molecule has 1 saturated heterocycles. The number of anilines is 1. The molecule has 2 aromatic rings. The highest BCUT2D eigenvalue weighted by Gasteiger charge is 2.17. The SMILES string of the molecule is CCOC(=O)c1ccc(O)c2ncc(N3CCNCC3)cc12. The maximum Gasteiger partial charge on any atom is 0.338 e. The highest BCUT2D eigenvalue weighted by molar-refractivity contribution is 6.05. The van der Waals surface area contributed by atoms with Gasteiger partial charge in [0, 0.05) is 31.6 Å². The molecule has 6 nitrogen and oxygen atoms in total. The van der Waals surface area contributed by atoms with Crippen molar-refractivity contribution in [2.75, 3.05) is 37.7 Å². The van der Waals surface area contributed by atoms with Crippen molar-refractivity contribution >= 4 is 22.6 Å². The van der Waals surface area contributed by atoms with E-state index in [1.807, 2.05) is 6.07 Å². The van der Waals surface area contributed by atoms with Crippen LogP contribution < -0.4 is 10.2 Å². The van der Waals surface area contributed by atoms with Gasteiger partial charge < -0.3 is 20.1 Å². The maximum absolute atomic E-state index is 12.1. The number of carbonyl (C=O) groups is 1. The first-order valence-electron chi connectivity index (χ1n) is 7.45. The van der Waals surface area contributed by atoms with E-state index < -0.39 is 5.97 Å². The molecular weight excluding hydrogens is 282 g/mol. The lowest BCUT2D eigenvalue weighted by atomic mass is 10.1. The summed E-state index contributed by atoms with van der Waals surface area (Å²) in [6.07, 6.45) is 1.74. The second-order valence-electron chi connectivity index (χ2n) is 5.18. The summed E-state index contributed by atoms with van der Waals surface area (Å²) in [5.74, 6) is -0.332. The van der Waals surface area contributed by atoms with Gasteiger partial charge in [0.25, 0.3) is 0 Å². The summed E-state index contributed by atoms with van der Waals surface area (Å²) in [7, 11) is 0. The van der Waals surface area contributed by atoms with Crippen LogP contribution in [-0.2, 0) is 4.74 Å². The first-order valence-corrected chi connectivity index (χ1v) is 7.45. The van der Waals surface area contributed by atoms with E-state index in [9.17, 15) is 9.90 Å². The summed E-state index contributed by atoms with van der Waals surface area (Å²) in [6, 6.07) is 4.96. The van der Waals surface area contributed by atoms with Crippen LogP contribution in [0.15, 0.2) is 24.4 Å². The molecule has 0 atom stereocenters. The van der Waals surface area contributed by atoms with Crippen LogP contribution in [0.2, 0.25) is 0 Å². The number of hydrogen-bond acceptors (Lipinski definition) is 6. The number of aromatic hydroxyl groups is 1. The Kier molecular flexibility index (Phi) is 4.11. The first kappa shape index (κ1) is 14.6. The monoisotopic (exact) mass is 301 g/mol. The van der Waals surface area contributed by atoms with Gasteiger partial charge in [-0.15, -0.1) is 0 Å². The molecule has 1 aliphatic rings. The third-order valence-corrected chi connectivity index (χ3v) is 3.79. The highest BCUT2D eigenvalue weighted by atomic mass is 16.5. The standard InChI is InChI=1S/C16H19N3O3/c1-2-22-16(21)12-3-4-14(20)15-13(12)9-11(10-18-15)19-7-5-17-6-8-19/h3-4,9-10,17,20H,2,5-8H2,1H3. The lowest BCUT2D eigenvalue weighted by Crippen LogP contribution is -2.43. The number of phenolic OH excluding ortho intramolecular Hbond substituents is 1. The molecule has 2 N–H and O–H groups in total. The second-order valence-corrected chi connectivity index (χ2v) is 5.18. The van der Waals surface area contributed by atoms with Crippen LogP contribution in [0.25, 0.3) is 10.9 Å². The van der Waals surface area contributed by atoms with Crippen molar-refractivity contribution in [3.05, 3.63) is 30.0 Å². The van der Waals surface area contributed by atoms with E-state index in [2.05, 4.69) is 15.2 Å². The fourth-order valence-electron chi connectivity index (χ4n) is 2.68. The van der Waals surface area contributed by atoms with Crippen LogP contribution >= 0.6 is 0 Å². The number of benzene rings is 1. The van der Waals surface area contributed by atoms with Crippen LogP contribution in [0, 0.1) is 0 Å². The number of piperazine rings is 1. The largest absolute Gasteiger partial charge is 0.506 e. The molecule has 0 aliphatic carbocycles. The number of fused-ring (bicyclic) bond motifs is 1. The van der Waals surface area contributed by atoms with Crippen molar-refractivity contribution in [3.63, 3.8) is 0 Å². The smallest absolute Gasteiger partial charge is 0.338 e. The molecular formula is C16H19N3O3. The Balaban J connectivity index is 2.07. The Bertz CT molecular complexity index is 696. The predicted molar refractivity (Wildman–Crippen MR) is 84.4 cm³/mol. The van der Waals surface area contributed by atoms with E-state index in [0.29, 0.717) is 23.1 Å². The summed E-state index contributed by atoms with van der Waals surface area (Å²) in [4.78, 5) is 18.7. The van der Waals surface area contributed by atoms with Crippen molar-refractivity contribution in [2.45, 2.75) is 6.92 Å². The van der Waals surface area contributed by atoms with E-state index in [1.54, 1.807) is 19.2 Å². The van der Waals surface area contributed by atoms with Crippen molar-refractivity contribution < 1.29 is 14.6 Å². The Morgan fingerprint density at radius 2 is 2.18 bits per heavy atom. The van der Waals surface area contributed by atoms with Gasteiger partial charge >= 0.3 is 5.97 Å². The molecule has 0 bridgehead atoms. The third-order valence-electron chi connectivity index (χ3n) is 3.79. The third kappa shape index (κ3) is 2.69. The first-order chi connectivity index (χ1) is 10.7. The minimum Gasteiger partial charge on any atom is -0.506 e. The zero-order chi connectivity index (χ0) is 15.5. The molecule has 1 aromatic heterocycles. The van der Waals surface area contributed by atoms with Gasteiger partial charge in [0.2, 0.25) is 0 Å². The molecule has 1 aromatic carbocycles. The Morgan fingerprint density at radius 1 is 1.41 bits per heavy atom. The van der Waals surface area contributed by atoms with Gasteiger partial charge in [0.05, 0.1) is 24.1 Å². The minimum atomic E-state index is -0.397. The average Bonchev–Trinajstić information content (AvgIpc) is 2.56. The van der Waals surface area contributed by atoms with Gasteiger partial charge in [-0.1, -0.05) is 0 Å². The number of esters is 1. The number of aromatic nitrogens is 1. The number of phenols is 1. The van der Waals surface area contributed by atoms with Crippen LogP contribution in [0.3, 0.4) is 0 Å². The Morgan fingerprint density at radius 3 is 2.91 bits per heavy atom. The zero-order valence-electron chi connectivity index (χ0n) is 12.5. The van der Waals surface area contributed by atoms with Crippen molar-refractivity contribution in [1.29, 1.82) is 0 Å². The average molecular weight is 301 g/mol. The van der Waals surface area contributed by atoms with E-state index in [-0.39, 0.29) is 5.75 Å². The van der Waals surface area contributed by atoms with E-state index >= 15 is 0 Å². The molecule has 1 fully saturated rings. The topological polar surface area (TPSA) is 74.7 Å². The molecule has 6 heteroatoms. The van der Waals surface area contributed by atoms with E-state index in [4.69, 9.17) is 4.74 Å². The van der Waals surface area contributed by atoms with Gasteiger partial charge in [-0.3, -0.25) is 4.98 Å². The molecule has 116 valence electrons. The van der Waals surface area contributed by atoms with Crippen molar-refractivity contribution in [3.8, 4) is 5.75 Å². The second kappa shape index (κ2) is 6.19. The maximum atomic E-state index is 12.1. The van der Waals surface area contributed by atoms with Gasteiger partial charge in [-0.05, 0) is 25.1 Å². The molecule has 2 heterocycles. The fraction of sp³-hybridized carbons (Fsp3) is 0.375. The molecule has 0 radical (unpaired) electrons. The van der Waals surface area contributed by atoms with Crippen LogP contribution in [0.5, 0.6) is 5.75 Å². The highest BCUT2D eigenvalue weighted by Crippen LogP contribution is 2.29. The number of hydrogen-bond donors (Lipinski definition) is 2. The summed E-state index contributed by atoms with van der Waals surface area (Å²) in [5, 5.41) is 13.9. The Labute approximate surface area is 128 Å². The minimum absolute atomic E-state index is 0.0647. The summed E-state index contributed by atoms with van der Waals surface area (Å²) >= 11 is 0. The van der Waals surface area contributed by atoms with Gasteiger partial charge in [0.15, 0.2) is 0 Å². The number of carbonyl (C=O) groups excluding carboxylic acids is 1. The zero-order valence-corrected chi connectivity index (χ0v) is 12.5. The Hall–Kier alpha value is -2.34. The molecule has 22 heavy (non-hydrogen) atoms. The summed E-state index contributed by atoms with van der Waals surface area (Å²) < 4.78 is 5.09. The normalized spacial score (nSPS) is 15.0. The summed E-state index contributed by atoms with van der Waals surface area (Å²) in [5.41, 5.74) is 1.80. The number of nitrogens with zero attached hydrogens (tertiary/aromatic N) is 2. The van der Waals surface area contributed by atoms with Gasteiger partial charge in [0.1, 0.15) is 11.3 Å². The lowest BCUT2D eigenvalue weighted by molar-refractivity contribution is 0.0528. The van der Waals surface area contributed by atoms with Gasteiger partial charge in [-0.25, -0.2) is 4.79 Å². The molecule has 3 rings (SSSR count). The molecule has 0 unspecified atom stereocenters. The predicted octanol–water partition coefficient (Wildman–Crippen LogP) is 1.53. The lowest BCUT2D eigenvalue weighted by Gasteiger charge is -2.29. The number of ether oxygens (including phenoxy) is 1.